The van der Waals surface area contributed by atoms with E-state index in [0.29, 0.717) is 19.1 Å². The van der Waals surface area contributed by atoms with Crippen LogP contribution in [0.3, 0.4) is 0 Å². The highest BCUT2D eigenvalue weighted by Crippen LogP contribution is 2.32. The highest BCUT2D eigenvalue weighted by atomic mass is 16.5. The number of aryl methyl sites for hydroxylation is 1. The van der Waals surface area contributed by atoms with Gasteiger partial charge in [0.15, 0.2) is 0 Å². The second kappa shape index (κ2) is 6.59. The molecule has 2 rings (SSSR count). The minimum Gasteiger partial charge on any atom is -0.491 e. The molecule has 2 N–H and O–H groups in total. The van der Waals surface area contributed by atoms with Crippen LogP contribution >= 0.6 is 0 Å². The zero-order valence-electron chi connectivity index (χ0n) is 12.9. The molecule has 112 valence electrons. The number of benzene rings is 1. The maximum absolute atomic E-state index is 10.0. The SMILES string of the molecule is CCNC1CCCc2ccc(OCC(C)(O)CC)cc21. The van der Waals surface area contributed by atoms with Gasteiger partial charge in [-0.05, 0) is 62.4 Å². The summed E-state index contributed by atoms with van der Waals surface area (Å²) in [7, 11) is 0. The lowest BCUT2D eigenvalue weighted by atomic mass is 9.87. The summed E-state index contributed by atoms with van der Waals surface area (Å²) >= 11 is 0. The van der Waals surface area contributed by atoms with Crippen LogP contribution in [0.5, 0.6) is 5.75 Å². The van der Waals surface area contributed by atoms with Crippen LogP contribution in [0.1, 0.15) is 57.2 Å². The molecule has 3 heteroatoms. The summed E-state index contributed by atoms with van der Waals surface area (Å²) in [5.74, 6) is 0.863. The molecule has 0 aliphatic heterocycles. The fourth-order valence-corrected chi connectivity index (χ4v) is 2.67. The third-order valence-electron chi connectivity index (χ3n) is 4.19. The minimum absolute atomic E-state index is 0.341. The van der Waals surface area contributed by atoms with Gasteiger partial charge in [-0.15, -0.1) is 0 Å². The van der Waals surface area contributed by atoms with Crippen LogP contribution < -0.4 is 10.1 Å². The van der Waals surface area contributed by atoms with Crippen LogP contribution in [-0.2, 0) is 6.42 Å². The molecule has 0 saturated carbocycles. The van der Waals surface area contributed by atoms with Crippen LogP contribution in [0, 0.1) is 0 Å². The van der Waals surface area contributed by atoms with Crippen molar-refractivity contribution in [2.75, 3.05) is 13.2 Å². The average Bonchev–Trinajstić information content (AvgIpc) is 2.46. The number of hydrogen-bond donors (Lipinski definition) is 2. The Morgan fingerprint density at radius 1 is 1.40 bits per heavy atom. The van der Waals surface area contributed by atoms with E-state index in [1.165, 1.54) is 24.0 Å². The van der Waals surface area contributed by atoms with E-state index in [-0.39, 0.29) is 0 Å². The molecule has 0 bridgehead atoms. The van der Waals surface area contributed by atoms with Gasteiger partial charge in [-0.1, -0.05) is 19.9 Å². The van der Waals surface area contributed by atoms with Crippen molar-refractivity contribution in [2.24, 2.45) is 0 Å². The third-order valence-corrected chi connectivity index (χ3v) is 4.19. The Labute approximate surface area is 122 Å². The predicted octanol–water partition coefficient (Wildman–Crippen LogP) is 3.21. The maximum Gasteiger partial charge on any atom is 0.119 e. The first kappa shape index (κ1) is 15.3. The Morgan fingerprint density at radius 2 is 2.20 bits per heavy atom. The van der Waals surface area contributed by atoms with Crippen LogP contribution in [0.15, 0.2) is 18.2 Å². The fourth-order valence-electron chi connectivity index (χ4n) is 2.67. The molecule has 2 unspecified atom stereocenters. The van der Waals surface area contributed by atoms with Crippen molar-refractivity contribution in [1.82, 2.24) is 5.32 Å². The molecule has 0 aromatic heterocycles. The Bertz CT molecular complexity index is 443. The van der Waals surface area contributed by atoms with E-state index in [9.17, 15) is 5.11 Å². The average molecular weight is 277 g/mol. The van der Waals surface area contributed by atoms with Gasteiger partial charge in [0.1, 0.15) is 12.4 Å². The van der Waals surface area contributed by atoms with E-state index >= 15 is 0 Å². The highest BCUT2D eigenvalue weighted by Gasteiger charge is 2.21. The smallest absolute Gasteiger partial charge is 0.119 e. The molecule has 0 radical (unpaired) electrons. The van der Waals surface area contributed by atoms with Crippen molar-refractivity contribution in [3.05, 3.63) is 29.3 Å². The zero-order valence-corrected chi connectivity index (χ0v) is 12.9. The summed E-state index contributed by atoms with van der Waals surface area (Å²) < 4.78 is 5.78. The second-order valence-electron chi connectivity index (χ2n) is 6.00. The van der Waals surface area contributed by atoms with Gasteiger partial charge < -0.3 is 15.2 Å². The Kier molecular flexibility index (Phi) is 5.06. The molecule has 20 heavy (non-hydrogen) atoms. The Hall–Kier alpha value is -1.06. The minimum atomic E-state index is -0.753. The monoisotopic (exact) mass is 277 g/mol. The summed E-state index contributed by atoms with van der Waals surface area (Å²) in [6.45, 7) is 7.26. The van der Waals surface area contributed by atoms with Crippen LogP contribution in [-0.4, -0.2) is 23.9 Å². The lowest BCUT2D eigenvalue weighted by Gasteiger charge is -2.27. The molecule has 0 heterocycles. The normalized spacial score (nSPS) is 21.1. The number of rotatable bonds is 6. The first-order valence-corrected chi connectivity index (χ1v) is 7.77. The summed E-state index contributed by atoms with van der Waals surface area (Å²) in [6, 6.07) is 6.79. The molecule has 1 aromatic rings. The van der Waals surface area contributed by atoms with Crippen LogP contribution in [0.4, 0.5) is 0 Å². The molecule has 1 aromatic carbocycles. The van der Waals surface area contributed by atoms with Gasteiger partial charge in [-0.2, -0.15) is 0 Å². The maximum atomic E-state index is 10.0. The largest absolute Gasteiger partial charge is 0.491 e. The lowest BCUT2D eigenvalue weighted by molar-refractivity contribution is 0.00842. The molecule has 2 atom stereocenters. The summed E-state index contributed by atoms with van der Waals surface area (Å²) in [5.41, 5.74) is 2.04. The quantitative estimate of drug-likeness (QED) is 0.839. The van der Waals surface area contributed by atoms with E-state index in [2.05, 4.69) is 24.4 Å². The van der Waals surface area contributed by atoms with Crippen LogP contribution in [0.2, 0.25) is 0 Å². The molecular formula is C17H27NO2. The van der Waals surface area contributed by atoms with E-state index in [0.717, 1.165) is 18.7 Å². The first-order valence-electron chi connectivity index (χ1n) is 7.77. The standard InChI is InChI=1S/C17H27NO2/c1-4-17(3,19)12-20-14-10-9-13-7-6-8-16(18-5-2)15(13)11-14/h9-11,16,18-19H,4-8,12H2,1-3H3. The van der Waals surface area contributed by atoms with Gasteiger partial charge in [0, 0.05) is 6.04 Å². The Morgan fingerprint density at radius 3 is 2.90 bits per heavy atom. The molecule has 0 fully saturated rings. The number of ether oxygens (including phenoxy) is 1. The third kappa shape index (κ3) is 3.74. The molecule has 0 saturated heterocycles. The van der Waals surface area contributed by atoms with Gasteiger partial charge in [0.05, 0.1) is 5.60 Å². The van der Waals surface area contributed by atoms with Crippen molar-refractivity contribution in [3.63, 3.8) is 0 Å². The van der Waals surface area contributed by atoms with Crippen LogP contribution in [0.25, 0.3) is 0 Å². The van der Waals surface area contributed by atoms with E-state index < -0.39 is 5.60 Å². The van der Waals surface area contributed by atoms with E-state index in [4.69, 9.17) is 4.74 Å². The van der Waals surface area contributed by atoms with Crippen molar-refractivity contribution >= 4 is 0 Å². The Balaban J connectivity index is 2.11. The van der Waals surface area contributed by atoms with E-state index in [1.54, 1.807) is 0 Å². The topological polar surface area (TPSA) is 41.5 Å². The van der Waals surface area contributed by atoms with Crippen molar-refractivity contribution in [1.29, 1.82) is 0 Å². The van der Waals surface area contributed by atoms with Crippen molar-refractivity contribution < 1.29 is 9.84 Å². The molecule has 3 nitrogen and oxygen atoms in total. The number of hydrogen-bond acceptors (Lipinski definition) is 3. The van der Waals surface area contributed by atoms with E-state index in [1.807, 2.05) is 19.9 Å². The van der Waals surface area contributed by atoms with Gasteiger partial charge in [0.2, 0.25) is 0 Å². The van der Waals surface area contributed by atoms with Crippen molar-refractivity contribution in [2.45, 2.75) is 58.1 Å². The van der Waals surface area contributed by atoms with Gasteiger partial charge in [-0.3, -0.25) is 0 Å². The lowest BCUT2D eigenvalue weighted by Crippen LogP contribution is -2.31. The summed E-state index contributed by atoms with van der Waals surface area (Å²) in [5, 5.41) is 13.6. The van der Waals surface area contributed by atoms with Crippen molar-refractivity contribution in [3.8, 4) is 5.75 Å². The molecule has 0 amide bonds. The van der Waals surface area contributed by atoms with Gasteiger partial charge in [0.25, 0.3) is 0 Å². The molecule has 1 aliphatic carbocycles. The highest BCUT2D eigenvalue weighted by molar-refractivity contribution is 5.39. The predicted molar refractivity (Wildman–Crippen MR) is 82.2 cm³/mol. The number of nitrogens with one attached hydrogen (secondary N) is 1. The first-order chi connectivity index (χ1) is 9.55. The zero-order chi connectivity index (χ0) is 14.6. The molecule has 0 spiro atoms. The fraction of sp³-hybridized carbons (Fsp3) is 0.647. The number of aliphatic hydroxyl groups is 1. The second-order valence-corrected chi connectivity index (χ2v) is 6.00. The van der Waals surface area contributed by atoms with Gasteiger partial charge in [-0.25, -0.2) is 0 Å². The molecule has 1 aliphatic rings. The summed E-state index contributed by atoms with van der Waals surface area (Å²) in [4.78, 5) is 0. The van der Waals surface area contributed by atoms with Gasteiger partial charge >= 0.3 is 0 Å². The summed E-state index contributed by atoms with van der Waals surface area (Å²) in [6.07, 6.45) is 4.29. The number of fused-ring (bicyclic) bond motifs is 1. The molecular weight excluding hydrogens is 250 g/mol.